The highest BCUT2D eigenvalue weighted by Crippen LogP contribution is 2.47. The molecule has 5 rings (SSSR count). The molecular formula is C33H45NO5S. The molecular weight excluding hydrogens is 522 g/mol. The second-order valence-electron chi connectivity index (χ2n) is 12.0. The Morgan fingerprint density at radius 2 is 1.77 bits per heavy atom. The Bertz CT molecular complexity index is 1190. The van der Waals surface area contributed by atoms with E-state index in [-0.39, 0.29) is 11.0 Å². The molecule has 0 amide bonds. The molecule has 1 saturated heterocycles. The van der Waals surface area contributed by atoms with E-state index >= 15 is 0 Å². The van der Waals surface area contributed by atoms with Crippen LogP contribution in [0.1, 0.15) is 89.1 Å². The molecule has 0 aromatic heterocycles. The van der Waals surface area contributed by atoms with Gasteiger partial charge in [-0.1, -0.05) is 70.5 Å². The second kappa shape index (κ2) is 13.1. The zero-order chi connectivity index (χ0) is 28.9. The minimum atomic E-state index is -0.566. The number of aliphatic hydroxyl groups is 1. The van der Waals surface area contributed by atoms with Crippen LogP contribution in [0.3, 0.4) is 0 Å². The number of benzene rings is 1. The van der Waals surface area contributed by atoms with Gasteiger partial charge in [0, 0.05) is 42.8 Å². The van der Waals surface area contributed by atoms with E-state index in [2.05, 4.69) is 37.8 Å². The molecule has 2 heterocycles. The number of ether oxygens (including phenoxy) is 2. The summed E-state index contributed by atoms with van der Waals surface area (Å²) in [6.45, 7) is 13.3. The molecule has 1 N–H and O–H groups in total. The van der Waals surface area contributed by atoms with Crippen LogP contribution in [-0.4, -0.2) is 65.3 Å². The van der Waals surface area contributed by atoms with Crippen molar-refractivity contribution < 1.29 is 24.2 Å². The minimum absolute atomic E-state index is 0.168. The number of rotatable bonds is 5. The molecule has 1 aromatic carbocycles. The van der Waals surface area contributed by atoms with Crippen molar-refractivity contribution in [2.45, 2.75) is 84.8 Å². The Morgan fingerprint density at radius 1 is 1.02 bits per heavy atom. The van der Waals surface area contributed by atoms with Crippen LogP contribution < -0.4 is 0 Å². The summed E-state index contributed by atoms with van der Waals surface area (Å²) in [5, 5.41) is 10.8. The summed E-state index contributed by atoms with van der Waals surface area (Å²) in [7, 11) is 0. The van der Waals surface area contributed by atoms with Gasteiger partial charge in [0.25, 0.3) is 0 Å². The lowest BCUT2D eigenvalue weighted by molar-refractivity contribution is -0.111. The monoisotopic (exact) mass is 567 g/mol. The molecule has 218 valence electrons. The largest absolute Gasteiger partial charge is 0.495 e. The molecule has 2 atom stereocenters. The normalized spacial score (nSPS) is 24.4. The molecule has 0 bridgehead atoms. The van der Waals surface area contributed by atoms with Gasteiger partial charge in [-0.15, -0.1) is 11.8 Å². The molecule has 1 fully saturated rings. The smallest absolute Gasteiger partial charge is 0.243 e. The number of hydrogen-bond donors (Lipinski definition) is 1. The van der Waals surface area contributed by atoms with Gasteiger partial charge >= 0.3 is 0 Å². The number of Topliss-reactive ketones (excluding diaryl/α,β-unsaturated/α-hetero) is 2. The highest BCUT2D eigenvalue weighted by atomic mass is 32.2. The first-order valence-corrected chi connectivity index (χ1v) is 15.8. The fourth-order valence-electron chi connectivity index (χ4n) is 5.78. The van der Waals surface area contributed by atoms with E-state index in [4.69, 9.17) is 9.47 Å². The summed E-state index contributed by atoms with van der Waals surface area (Å²) >= 11 is 1.46. The van der Waals surface area contributed by atoms with Crippen molar-refractivity contribution in [1.82, 2.24) is 4.90 Å². The van der Waals surface area contributed by atoms with Gasteiger partial charge in [0.1, 0.15) is 29.0 Å². The molecule has 4 aliphatic rings. The van der Waals surface area contributed by atoms with Gasteiger partial charge in [-0.2, -0.15) is 0 Å². The minimum Gasteiger partial charge on any atom is -0.495 e. The SMILES string of the molecule is CC.CC(C)(C)C1=CC=C(OCC(O)CN2CCCC3(CC2)CSC2=C(O3)c3ccccc3C(=O)C2=O)CCC1. The molecule has 2 aliphatic heterocycles. The highest BCUT2D eigenvalue weighted by Gasteiger charge is 2.45. The summed E-state index contributed by atoms with van der Waals surface area (Å²) in [5.74, 6) is 1.29. The molecule has 1 aromatic rings. The van der Waals surface area contributed by atoms with Crippen LogP contribution in [0.4, 0.5) is 0 Å². The number of fused-ring (bicyclic) bond motifs is 2. The molecule has 6 nitrogen and oxygen atoms in total. The molecule has 0 saturated carbocycles. The lowest BCUT2D eigenvalue weighted by atomic mass is 9.84. The van der Waals surface area contributed by atoms with Crippen molar-refractivity contribution in [1.29, 1.82) is 0 Å². The van der Waals surface area contributed by atoms with Crippen LogP contribution in [-0.2, 0) is 14.3 Å². The summed E-state index contributed by atoms with van der Waals surface area (Å²) in [4.78, 5) is 28.0. The summed E-state index contributed by atoms with van der Waals surface area (Å²) in [5.41, 5.74) is 2.39. The first kappa shape index (κ1) is 30.6. The first-order valence-electron chi connectivity index (χ1n) is 14.8. The van der Waals surface area contributed by atoms with E-state index in [1.165, 1.54) is 17.3 Å². The summed E-state index contributed by atoms with van der Waals surface area (Å²) in [6.07, 6.45) is 9.39. The fraction of sp³-hybridized carbons (Fsp3) is 0.576. The van der Waals surface area contributed by atoms with Crippen LogP contribution >= 0.6 is 11.8 Å². The Morgan fingerprint density at radius 3 is 2.52 bits per heavy atom. The van der Waals surface area contributed by atoms with Crippen molar-refractivity contribution in [3.05, 3.63) is 63.8 Å². The third kappa shape index (κ3) is 6.92. The Hall–Kier alpha value is -2.35. The third-order valence-corrected chi connectivity index (χ3v) is 9.39. The van der Waals surface area contributed by atoms with E-state index in [1.807, 2.05) is 26.0 Å². The van der Waals surface area contributed by atoms with Gasteiger partial charge in [-0.3, -0.25) is 9.59 Å². The molecule has 2 unspecified atom stereocenters. The molecule has 7 heteroatoms. The van der Waals surface area contributed by atoms with Crippen molar-refractivity contribution in [2.24, 2.45) is 5.41 Å². The van der Waals surface area contributed by atoms with E-state index < -0.39 is 17.7 Å². The number of β-amino-alcohol motifs (C(OH)–C–C–N with tert-alkyl or cyclic N) is 1. The maximum absolute atomic E-state index is 12.7. The van der Waals surface area contributed by atoms with Gasteiger partial charge in [0.05, 0.1) is 5.76 Å². The average Bonchev–Trinajstić information content (AvgIpc) is 3.31. The standard InChI is InChI=1S/C31H39NO5S.C2H6/c1-30(2,3)21-8-6-9-23(13-12-21)36-19-22(33)18-32-16-7-14-31(15-17-32)20-38-29-27(35)26(34)24-10-4-5-11-25(24)28(29)37-31;1-2/h4-5,10-13,22,33H,6-9,14-20H2,1-3H3;1-2H3. The number of thioether (sulfide) groups is 1. The van der Waals surface area contributed by atoms with Gasteiger partial charge in [-0.05, 0) is 43.7 Å². The quantitative estimate of drug-likeness (QED) is 0.404. The average molecular weight is 568 g/mol. The molecule has 40 heavy (non-hydrogen) atoms. The number of carbonyl (C=O) groups is 2. The van der Waals surface area contributed by atoms with E-state index in [9.17, 15) is 14.7 Å². The number of carbonyl (C=O) groups excluding carboxylic acids is 2. The van der Waals surface area contributed by atoms with Crippen molar-refractivity contribution in [3.8, 4) is 0 Å². The predicted molar refractivity (Wildman–Crippen MR) is 162 cm³/mol. The Balaban J connectivity index is 0.00000181. The number of ketones is 2. The Kier molecular flexibility index (Phi) is 10.0. The summed E-state index contributed by atoms with van der Waals surface area (Å²) < 4.78 is 12.7. The van der Waals surface area contributed by atoms with Gasteiger partial charge in [0.2, 0.25) is 11.6 Å². The Labute approximate surface area is 243 Å². The van der Waals surface area contributed by atoms with Gasteiger partial charge < -0.3 is 19.5 Å². The van der Waals surface area contributed by atoms with Crippen LogP contribution in [0.5, 0.6) is 0 Å². The van der Waals surface area contributed by atoms with E-state index in [0.717, 1.165) is 62.9 Å². The lowest BCUT2D eigenvalue weighted by Crippen LogP contribution is -2.42. The maximum atomic E-state index is 12.7. The maximum Gasteiger partial charge on any atom is 0.243 e. The zero-order valence-electron chi connectivity index (χ0n) is 24.8. The van der Waals surface area contributed by atoms with Crippen LogP contribution in [0.2, 0.25) is 0 Å². The van der Waals surface area contributed by atoms with Gasteiger partial charge in [0.15, 0.2) is 0 Å². The van der Waals surface area contributed by atoms with Crippen molar-refractivity contribution >= 4 is 29.1 Å². The number of hydrogen-bond acceptors (Lipinski definition) is 7. The van der Waals surface area contributed by atoms with E-state index in [1.54, 1.807) is 12.1 Å². The highest BCUT2D eigenvalue weighted by molar-refractivity contribution is 8.04. The number of allylic oxidation sites excluding steroid dienone is 5. The number of likely N-dealkylation sites (tertiary alicyclic amines) is 1. The van der Waals surface area contributed by atoms with E-state index in [0.29, 0.717) is 35.1 Å². The second-order valence-corrected chi connectivity index (χ2v) is 13.0. The third-order valence-electron chi connectivity index (χ3n) is 8.06. The van der Waals surface area contributed by atoms with Crippen LogP contribution in [0.25, 0.3) is 5.76 Å². The number of nitrogens with zero attached hydrogens (tertiary/aromatic N) is 1. The molecule has 2 aliphatic carbocycles. The summed E-state index contributed by atoms with van der Waals surface area (Å²) in [6, 6.07) is 7.24. The lowest BCUT2D eigenvalue weighted by Gasteiger charge is -2.40. The predicted octanol–water partition coefficient (Wildman–Crippen LogP) is 6.55. The first-order chi connectivity index (χ1) is 19.2. The number of aliphatic hydroxyl groups excluding tert-OH is 1. The van der Waals surface area contributed by atoms with Gasteiger partial charge in [-0.25, -0.2) is 0 Å². The van der Waals surface area contributed by atoms with Crippen molar-refractivity contribution in [3.63, 3.8) is 0 Å². The molecule has 1 spiro atoms. The fourth-order valence-corrected chi connectivity index (χ4v) is 7.04. The molecule has 0 radical (unpaired) electrons. The topological polar surface area (TPSA) is 76.1 Å². The van der Waals surface area contributed by atoms with Crippen LogP contribution in [0, 0.1) is 5.41 Å². The zero-order valence-corrected chi connectivity index (χ0v) is 25.6. The van der Waals surface area contributed by atoms with Crippen molar-refractivity contribution in [2.75, 3.05) is 32.0 Å². The van der Waals surface area contributed by atoms with Crippen LogP contribution in [0.15, 0.2) is 52.7 Å².